The largest absolute Gasteiger partial charge is 0.463 e. The van der Waals surface area contributed by atoms with Gasteiger partial charge in [-0.25, -0.2) is 0 Å². The Balaban J connectivity index is 1.42. The molecule has 2 amide bonds. The molecular weight excluding hydrogens is 855 g/mol. The fraction of sp³-hybridized carbons (Fsp3) is 0.420. The highest BCUT2D eigenvalue weighted by atomic mass is 16.7. The molecule has 2 heterocycles. The summed E-state index contributed by atoms with van der Waals surface area (Å²) in [5.41, 5.74) is 3.50. The highest BCUT2D eigenvalue weighted by Gasteiger charge is 2.56. The van der Waals surface area contributed by atoms with Gasteiger partial charge in [0.1, 0.15) is 43.2 Å². The number of amides is 2. The monoisotopic (exact) mass is 911 g/mol. The van der Waals surface area contributed by atoms with Crippen LogP contribution in [0.1, 0.15) is 56.9 Å². The molecule has 4 aromatic rings. The molecule has 0 N–H and O–H groups in total. The summed E-state index contributed by atoms with van der Waals surface area (Å²) in [5, 5.41) is 0. The minimum atomic E-state index is -1.59. The molecule has 2 saturated heterocycles. The fourth-order valence-electron chi connectivity index (χ4n) is 7.89. The van der Waals surface area contributed by atoms with E-state index in [1.807, 2.05) is 121 Å². The molecule has 0 saturated carbocycles. The average Bonchev–Trinajstić information content (AvgIpc) is 3.30. The second-order valence-corrected chi connectivity index (χ2v) is 15.8. The van der Waals surface area contributed by atoms with Gasteiger partial charge in [-0.1, -0.05) is 121 Å². The lowest BCUT2D eigenvalue weighted by molar-refractivity contribution is -0.342. The Hall–Kier alpha value is -5.85. The molecule has 0 bridgehead atoms. The Morgan fingerprint density at radius 1 is 0.424 bits per heavy atom. The number of rotatable bonds is 20. The van der Waals surface area contributed by atoms with Gasteiger partial charge in [-0.2, -0.15) is 0 Å². The second kappa shape index (κ2) is 24.6. The molecule has 10 atom stereocenters. The standard InChI is InChI=1S/C50H57NO15/c1-32(52)51(33(2)53)43-46(64-36(5)56)45(63-35(4)55)42(30-57-34(3)54)65-49(43)62-31-41-44(58-26-37-18-10-6-11-19-37)47(59-27-38-20-12-7-13-21-38)48(60-28-39-22-14-8-15-23-39)50(66-41)61-29-40-24-16-9-17-25-40/h6-25,41-50H,26-31H2,1-5H3/t41-,42-,43-,44+,45-,46-,47+,48-,49-,50+/m1/s1. The molecule has 0 radical (unpaired) electrons. The third-order valence-electron chi connectivity index (χ3n) is 10.8. The predicted molar refractivity (Wildman–Crippen MR) is 234 cm³/mol. The third kappa shape index (κ3) is 14.1. The molecule has 0 aliphatic carbocycles. The smallest absolute Gasteiger partial charge is 0.303 e. The van der Waals surface area contributed by atoms with E-state index < -0.39 is 97.7 Å². The van der Waals surface area contributed by atoms with Crippen molar-refractivity contribution >= 4 is 29.7 Å². The maximum absolute atomic E-state index is 13.3. The van der Waals surface area contributed by atoms with Gasteiger partial charge in [0.05, 0.1) is 33.0 Å². The average molecular weight is 912 g/mol. The van der Waals surface area contributed by atoms with Crippen LogP contribution in [0.3, 0.4) is 0 Å². The Kier molecular flexibility index (Phi) is 18.5. The van der Waals surface area contributed by atoms with Gasteiger partial charge in [0.25, 0.3) is 0 Å². The quantitative estimate of drug-likeness (QED) is 0.0788. The number of hydrogen-bond acceptors (Lipinski definition) is 15. The summed E-state index contributed by atoms with van der Waals surface area (Å²) in [5.74, 6) is -3.81. The number of esters is 3. The Morgan fingerprint density at radius 2 is 0.818 bits per heavy atom. The van der Waals surface area contributed by atoms with E-state index in [2.05, 4.69) is 0 Å². The number of hydrogen-bond donors (Lipinski definition) is 0. The first-order valence-electron chi connectivity index (χ1n) is 21.7. The first kappa shape index (κ1) is 49.6. The van der Waals surface area contributed by atoms with Gasteiger partial charge in [0, 0.05) is 34.6 Å². The summed E-state index contributed by atoms with van der Waals surface area (Å²) in [7, 11) is 0. The van der Waals surface area contributed by atoms with Crippen LogP contribution >= 0.6 is 0 Å². The van der Waals surface area contributed by atoms with Crippen molar-refractivity contribution in [1.29, 1.82) is 0 Å². The molecule has 2 fully saturated rings. The van der Waals surface area contributed by atoms with Crippen LogP contribution in [0.15, 0.2) is 121 Å². The Morgan fingerprint density at radius 3 is 1.26 bits per heavy atom. The lowest BCUT2D eigenvalue weighted by atomic mass is 9.94. The third-order valence-corrected chi connectivity index (χ3v) is 10.8. The van der Waals surface area contributed by atoms with E-state index in [-0.39, 0.29) is 33.0 Å². The minimum absolute atomic E-state index is 0.117. The molecule has 4 aromatic carbocycles. The van der Waals surface area contributed by atoms with Crippen molar-refractivity contribution in [3.05, 3.63) is 144 Å². The van der Waals surface area contributed by atoms with Crippen molar-refractivity contribution in [3.63, 3.8) is 0 Å². The number of carbonyl (C=O) groups is 5. The van der Waals surface area contributed by atoms with Gasteiger partial charge in [0.2, 0.25) is 11.8 Å². The number of imide groups is 1. The first-order chi connectivity index (χ1) is 31.9. The number of benzene rings is 4. The number of ether oxygens (including phenoxy) is 10. The molecule has 0 unspecified atom stereocenters. The van der Waals surface area contributed by atoms with Gasteiger partial charge in [-0.05, 0) is 22.3 Å². The van der Waals surface area contributed by atoms with E-state index in [1.54, 1.807) is 0 Å². The van der Waals surface area contributed by atoms with Crippen LogP contribution in [-0.4, -0.2) is 109 Å². The van der Waals surface area contributed by atoms with Gasteiger partial charge in [0.15, 0.2) is 24.8 Å². The lowest BCUT2D eigenvalue weighted by Gasteiger charge is -2.49. The van der Waals surface area contributed by atoms with E-state index >= 15 is 0 Å². The molecule has 66 heavy (non-hydrogen) atoms. The predicted octanol–water partition coefficient (Wildman–Crippen LogP) is 5.62. The van der Waals surface area contributed by atoms with Crippen molar-refractivity contribution in [1.82, 2.24) is 4.90 Å². The fourth-order valence-corrected chi connectivity index (χ4v) is 7.89. The molecular formula is C50H57NO15. The molecule has 6 rings (SSSR count). The minimum Gasteiger partial charge on any atom is -0.463 e. The molecule has 16 nitrogen and oxygen atoms in total. The van der Waals surface area contributed by atoms with Crippen LogP contribution in [0.4, 0.5) is 0 Å². The summed E-state index contributed by atoms with van der Waals surface area (Å²) in [6.07, 6.45) is -10.7. The normalized spacial score (nSPS) is 25.0. The zero-order valence-electron chi connectivity index (χ0n) is 37.6. The summed E-state index contributed by atoms with van der Waals surface area (Å²) in [4.78, 5) is 64.8. The van der Waals surface area contributed by atoms with E-state index in [0.29, 0.717) is 0 Å². The highest BCUT2D eigenvalue weighted by Crippen LogP contribution is 2.35. The van der Waals surface area contributed by atoms with Crippen LogP contribution in [-0.2, 0) is 97.8 Å². The number of carbonyl (C=O) groups excluding carboxylic acids is 5. The van der Waals surface area contributed by atoms with Crippen LogP contribution in [0, 0.1) is 0 Å². The van der Waals surface area contributed by atoms with Crippen LogP contribution in [0.5, 0.6) is 0 Å². The van der Waals surface area contributed by atoms with Gasteiger partial charge >= 0.3 is 17.9 Å². The topological polar surface area (TPSA) is 181 Å². The maximum atomic E-state index is 13.3. The maximum Gasteiger partial charge on any atom is 0.303 e. The van der Waals surface area contributed by atoms with E-state index in [4.69, 9.17) is 47.4 Å². The zero-order chi connectivity index (χ0) is 47.0. The van der Waals surface area contributed by atoms with Crippen molar-refractivity contribution in [2.24, 2.45) is 0 Å². The van der Waals surface area contributed by atoms with E-state index in [1.165, 1.54) is 6.92 Å². The molecule has 352 valence electrons. The van der Waals surface area contributed by atoms with E-state index in [9.17, 15) is 24.0 Å². The second-order valence-electron chi connectivity index (χ2n) is 15.8. The molecule has 16 heteroatoms. The summed E-state index contributed by atoms with van der Waals surface area (Å²) < 4.78 is 63.4. The van der Waals surface area contributed by atoms with Crippen molar-refractivity contribution < 1.29 is 71.3 Å². The molecule has 0 aromatic heterocycles. The van der Waals surface area contributed by atoms with Crippen LogP contribution in [0.2, 0.25) is 0 Å². The van der Waals surface area contributed by atoms with Gasteiger partial charge < -0.3 is 47.4 Å². The van der Waals surface area contributed by atoms with Crippen molar-refractivity contribution in [2.75, 3.05) is 13.2 Å². The molecule has 2 aliphatic heterocycles. The SMILES string of the molecule is CC(=O)OC[C@H]1O[C@@H](OC[C@H]2O[C@H](OCc3ccccc3)[C@H](OCc3ccccc3)[C@@H](OCc3ccccc3)[C@H]2OCc2ccccc2)[C@H](N(C(C)=O)C(C)=O)[C@@H](OC(C)=O)[C@@H]1OC(C)=O. The number of nitrogens with zero attached hydrogens (tertiary/aromatic N) is 1. The summed E-state index contributed by atoms with van der Waals surface area (Å²) in [6, 6.07) is 36.8. The molecule has 2 aliphatic rings. The van der Waals surface area contributed by atoms with E-state index in [0.717, 1.165) is 54.8 Å². The van der Waals surface area contributed by atoms with Crippen LogP contribution < -0.4 is 0 Å². The molecule has 0 spiro atoms. The first-order valence-corrected chi connectivity index (χ1v) is 21.7. The van der Waals surface area contributed by atoms with Crippen molar-refractivity contribution in [2.45, 2.75) is 122 Å². The highest BCUT2D eigenvalue weighted by molar-refractivity contribution is 5.93. The lowest BCUT2D eigenvalue weighted by Crippen LogP contribution is -2.68. The Labute approximate surface area is 384 Å². The van der Waals surface area contributed by atoms with Gasteiger partial charge in [-0.15, -0.1) is 0 Å². The van der Waals surface area contributed by atoms with Crippen LogP contribution in [0.25, 0.3) is 0 Å². The summed E-state index contributed by atoms with van der Waals surface area (Å²) >= 11 is 0. The van der Waals surface area contributed by atoms with Gasteiger partial charge in [-0.3, -0.25) is 28.9 Å². The Bertz CT molecular complexity index is 2150. The summed E-state index contributed by atoms with van der Waals surface area (Å²) in [6.45, 7) is 5.43. The zero-order valence-corrected chi connectivity index (χ0v) is 37.6. The van der Waals surface area contributed by atoms with Crippen molar-refractivity contribution in [3.8, 4) is 0 Å².